The maximum absolute atomic E-state index is 7.83. The van der Waals surface area contributed by atoms with Crippen molar-refractivity contribution in [1.29, 1.82) is 0 Å². The summed E-state index contributed by atoms with van der Waals surface area (Å²) in [5.41, 5.74) is 11.2. The highest BCUT2D eigenvalue weighted by atomic mass is 32.1. The molecule has 0 bridgehead atoms. The molecular formula is C53H53NO4S. The number of morpholine rings is 1. The lowest BCUT2D eigenvalue weighted by Crippen LogP contribution is -2.44. The van der Waals surface area contributed by atoms with E-state index in [-0.39, 0.29) is 16.2 Å². The quantitative estimate of drug-likeness (QED) is 0.170. The Kier molecular flexibility index (Phi) is 9.00. The number of hydrogen-bond donors (Lipinski definition) is 1. The fraction of sp³-hybridized carbons (Fsp3) is 0.321. The summed E-state index contributed by atoms with van der Waals surface area (Å²) in [4.78, 5) is 3.35. The largest absolute Gasteiger partial charge is 0.497 e. The van der Waals surface area contributed by atoms with Gasteiger partial charge in [0.15, 0.2) is 5.60 Å². The van der Waals surface area contributed by atoms with Gasteiger partial charge in [0.05, 0.1) is 27.4 Å². The van der Waals surface area contributed by atoms with Crippen LogP contribution in [-0.4, -0.2) is 40.5 Å². The number of nitrogens with zero attached hydrogens (tertiary/aromatic N) is 1. The first-order valence-corrected chi connectivity index (χ1v) is 21.5. The molecule has 10 rings (SSSR count). The normalized spacial score (nSPS) is 19.1. The van der Waals surface area contributed by atoms with Crippen LogP contribution in [0.3, 0.4) is 0 Å². The molecule has 1 saturated heterocycles. The van der Waals surface area contributed by atoms with Crippen molar-refractivity contribution >= 4 is 35.2 Å². The standard InChI is InChI=1S/C53H53NO4S/c1-50(2)31-51(3,4)33-52(32-50)45-10-8-7-9-40(45)47-43-30-46(59)42(34-11-17-37(18-12-34)54-25-27-57-28-26-54)29-44(43)49-41(48(47)52)23-24-53(58-49,35-13-19-38(55-5)20-14-35)36-15-21-39(56-6)22-16-36/h7-24,29-30,59H,25-28,31-33H2,1-6H3. The van der Waals surface area contributed by atoms with Crippen molar-refractivity contribution in [3.8, 4) is 39.5 Å². The fourth-order valence-corrected chi connectivity index (χ4v) is 12.1. The second-order valence-electron chi connectivity index (χ2n) is 18.7. The molecule has 5 nitrogen and oxygen atoms in total. The van der Waals surface area contributed by atoms with Gasteiger partial charge in [-0.3, -0.25) is 0 Å². The van der Waals surface area contributed by atoms with Gasteiger partial charge in [0.1, 0.15) is 17.2 Å². The second-order valence-corrected chi connectivity index (χ2v) is 19.2. The molecular weight excluding hydrogens is 747 g/mol. The topological polar surface area (TPSA) is 40.2 Å². The maximum Gasteiger partial charge on any atom is 0.178 e. The number of thiol groups is 1. The van der Waals surface area contributed by atoms with Crippen LogP contribution in [0.2, 0.25) is 0 Å². The van der Waals surface area contributed by atoms with Crippen LogP contribution in [0, 0.1) is 10.8 Å². The zero-order valence-electron chi connectivity index (χ0n) is 35.0. The summed E-state index contributed by atoms with van der Waals surface area (Å²) < 4.78 is 24.7. The summed E-state index contributed by atoms with van der Waals surface area (Å²) in [6.45, 7) is 13.2. The van der Waals surface area contributed by atoms with Crippen LogP contribution in [0.5, 0.6) is 17.2 Å². The molecule has 6 heteroatoms. The predicted octanol–water partition coefficient (Wildman–Crippen LogP) is 12.5. The van der Waals surface area contributed by atoms with Gasteiger partial charge in [-0.05, 0) is 123 Å². The van der Waals surface area contributed by atoms with Gasteiger partial charge in [0.2, 0.25) is 0 Å². The van der Waals surface area contributed by atoms with Crippen molar-refractivity contribution in [1.82, 2.24) is 0 Å². The summed E-state index contributed by atoms with van der Waals surface area (Å²) in [6, 6.07) is 39.4. The van der Waals surface area contributed by atoms with E-state index in [9.17, 15) is 0 Å². The molecule has 6 aromatic rings. The van der Waals surface area contributed by atoms with E-state index in [4.69, 9.17) is 31.6 Å². The van der Waals surface area contributed by atoms with Gasteiger partial charge in [0, 0.05) is 51.2 Å². The second kappa shape index (κ2) is 14.0. The van der Waals surface area contributed by atoms with Gasteiger partial charge in [-0.1, -0.05) is 94.4 Å². The molecule has 0 atom stereocenters. The minimum atomic E-state index is -0.934. The highest BCUT2D eigenvalue weighted by molar-refractivity contribution is 7.80. The first kappa shape index (κ1) is 38.1. The molecule has 6 aromatic carbocycles. The number of anilines is 1. The number of benzene rings is 6. The number of hydrogen-bond acceptors (Lipinski definition) is 6. The van der Waals surface area contributed by atoms with Crippen LogP contribution in [0.1, 0.15) is 74.8 Å². The summed E-state index contributed by atoms with van der Waals surface area (Å²) in [7, 11) is 3.42. The molecule has 1 spiro atoms. The first-order chi connectivity index (χ1) is 28.4. The van der Waals surface area contributed by atoms with E-state index in [1.54, 1.807) is 14.2 Å². The fourth-order valence-electron chi connectivity index (χ4n) is 11.7. The van der Waals surface area contributed by atoms with Gasteiger partial charge in [-0.15, -0.1) is 12.6 Å². The van der Waals surface area contributed by atoms with Crippen molar-refractivity contribution in [2.75, 3.05) is 45.4 Å². The molecule has 0 aromatic heterocycles. The van der Waals surface area contributed by atoms with Crippen LogP contribution in [0.4, 0.5) is 5.69 Å². The Labute approximate surface area is 354 Å². The third kappa shape index (κ3) is 6.16. The van der Waals surface area contributed by atoms with Crippen molar-refractivity contribution in [2.45, 2.75) is 62.9 Å². The van der Waals surface area contributed by atoms with Gasteiger partial charge in [-0.25, -0.2) is 0 Å². The number of ether oxygens (including phenoxy) is 4. The van der Waals surface area contributed by atoms with Crippen molar-refractivity contribution in [3.05, 3.63) is 143 Å². The Balaban J connectivity index is 1.26. The summed E-state index contributed by atoms with van der Waals surface area (Å²) >= 11 is 5.30. The lowest BCUT2D eigenvalue weighted by molar-refractivity contribution is 0.0642. The highest BCUT2D eigenvalue weighted by Gasteiger charge is 2.55. The minimum absolute atomic E-state index is 0.124. The molecule has 1 saturated carbocycles. The molecule has 0 N–H and O–H groups in total. The molecule has 2 aliphatic carbocycles. The van der Waals surface area contributed by atoms with E-state index in [2.05, 4.69) is 130 Å². The zero-order chi connectivity index (χ0) is 40.7. The van der Waals surface area contributed by atoms with E-state index >= 15 is 0 Å². The number of fused-ring (bicyclic) bond motifs is 10. The molecule has 0 amide bonds. The van der Waals surface area contributed by atoms with Crippen LogP contribution < -0.4 is 19.1 Å². The number of methoxy groups -OCH3 is 2. The summed E-state index contributed by atoms with van der Waals surface area (Å²) in [6.07, 6.45) is 7.97. The molecule has 4 aliphatic rings. The summed E-state index contributed by atoms with van der Waals surface area (Å²) in [5, 5.41) is 2.26. The molecule has 2 aliphatic heterocycles. The molecule has 2 heterocycles. The van der Waals surface area contributed by atoms with E-state index in [1.165, 1.54) is 45.3 Å². The van der Waals surface area contributed by atoms with Crippen LogP contribution >= 0.6 is 12.6 Å². The third-order valence-corrected chi connectivity index (χ3v) is 13.8. The Morgan fingerprint density at radius 1 is 0.661 bits per heavy atom. The highest BCUT2D eigenvalue weighted by Crippen LogP contribution is 2.67. The smallest absolute Gasteiger partial charge is 0.178 e. The average Bonchev–Trinajstić information content (AvgIpc) is 3.51. The average molecular weight is 800 g/mol. The van der Waals surface area contributed by atoms with Gasteiger partial charge in [-0.2, -0.15) is 0 Å². The molecule has 2 fully saturated rings. The molecule has 300 valence electrons. The van der Waals surface area contributed by atoms with Crippen molar-refractivity contribution in [3.63, 3.8) is 0 Å². The first-order valence-electron chi connectivity index (χ1n) is 21.0. The Morgan fingerprint density at radius 2 is 1.27 bits per heavy atom. The third-order valence-electron chi connectivity index (χ3n) is 13.5. The van der Waals surface area contributed by atoms with E-state index < -0.39 is 5.60 Å². The lowest BCUT2D eigenvalue weighted by Gasteiger charge is -2.52. The van der Waals surface area contributed by atoms with Gasteiger partial charge >= 0.3 is 0 Å². The van der Waals surface area contributed by atoms with Crippen LogP contribution in [0.15, 0.2) is 120 Å². The van der Waals surface area contributed by atoms with Gasteiger partial charge < -0.3 is 23.8 Å². The summed E-state index contributed by atoms with van der Waals surface area (Å²) in [5.74, 6) is 2.51. The SMILES string of the molecule is COc1ccc(C2(c3ccc(OC)cc3)C=Cc3c4c(c5cc(S)c(-c6ccc(N7CCOCC7)cc6)cc5c3O2)-c2ccccc2C42CC(C)(C)CC(C)(C)C2)cc1. The van der Waals surface area contributed by atoms with Crippen LogP contribution in [-0.2, 0) is 15.8 Å². The maximum atomic E-state index is 7.83. The van der Waals surface area contributed by atoms with Crippen molar-refractivity contribution in [2.24, 2.45) is 10.8 Å². The van der Waals surface area contributed by atoms with E-state index in [0.717, 1.165) is 88.9 Å². The molecule has 59 heavy (non-hydrogen) atoms. The molecule has 0 radical (unpaired) electrons. The monoisotopic (exact) mass is 799 g/mol. The Hall–Kier alpha value is -5.17. The van der Waals surface area contributed by atoms with E-state index in [0.29, 0.717) is 0 Å². The Morgan fingerprint density at radius 3 is 1.88 bits per heavy atom. The zero-order valence-corrected chi connectivity index (χ0v) is 35.9. The molecule has 0 unspecified atom stereocenters. The lowest BCUT2D eigenvalue weighted by atomic mass is 9.52. The Bertz CT molecular complexity index is 2550. The van der Waals surface area contributed by atoms with E-state index in [1.807, 2.05) is 24.3 Å². The number of rotatable bonds is 6. The van der Waals surface area contributed by atoms with Crippen LogP contribution in [0.25, 0.3) is 39.1 Å². The minimum Gasteiger partial charge on any atom is -0.497 e. The van der Waals surface area contributed by atoms with Gasteiger partial charge in [0.25, 0.3) is 0 Å². The van der Waals surface area contributed by atoms with Crippen molar-refractivity contribution < 1.29 is 18.9 Å². The predicted molar refractivity (Wildman–Crippen MR) is 244 cm³/mol.